The number of carbonyl (C=O) groups is 1. The summed E-state index contributed by atoms with van der Waals surface area (Å²) in [5, 5.41) is 4.93. The molecule has 1 N–H and O–H groups in total. The number of hydrogen-bond acceptors (Lipinski definition) is 6. The lowest BCUT2D eigenvalue weighted by Crippen LogP contribution is -2.27. The minimum Gasteiger partial charge on any atom is -0.780 e. The van der Waals surface area contributed by atoms with Crippen LogP contribution in [0.2, 0.25) is 0 Å². The Labute approximate surface area is 175 Å². The average Bonchev–Trinajstić information content (AvgIpc) is 2.74. The number of rotatable bonds is 9. The molecular weight excluding hydrogens is 407 g/mol. The van der Waals surface area contributed by atoms with Crippen molar-refractivity contribution in [3.63, 3.8) is 0 Å². The molecule has 3 rings (SSSR count). The molecule has 1 unspecified atom stereocenters. The molecule has 3 aromatic rings. The molecule has 1 aromatic heterocycles. The van der Waals surface area contributed by atoms with Crippen LogP contribution in [0.15, 0.2) is 60.8 Å². The topological polar surface area (TPSA) is 83.5 Å². The molecule has 1 heterocycles. The molecule has 0 fully saturated rings. The average molecular weight is 429 g/mol. The van der Waals surface area contributed by atoms with Crippen molar-refractivity contribution in [1.82, 2.24) is 10.3 Å². The number of amides is 1. The maximum absolute atomic E-state index is 12.5. The van der Waals surface area contributed by atoms with Crippen molar-refractivity contribution >= 4 is 35.2 Å². The van der Waals surface area contributed by atoms with Gasteiger partial charge in [-0.2, -0.15) is 0 Å². The summed E-state index contributed by atoms with van der Waals surface area (Å²) in [5.41, 5.74) is 2.71. The summed E-state index contributed by atoms with van der Waals surface area (Å²) in [5.74, 6) is -0.141. The second kappa shape index (κ2) is 10.1. The SMILES string of the molecule is COP([O-])(=S)OCCCNC(=O)Cc1ncc2ccccc2c1-c1ccccc1. The predicted molar refractivity (Wildman–Crippen MR) is 116 cm³/mol. The summed E-state index contributed by atoms with van der Waals surface area (Å²) < 4.78 is 9.58. The van der Waals surface area contributed by atoms with Crippen LogP contribution in [0.4, 0.5) is 0 Å². The Morgan fingerprint density at radius 1 is 1.17 bits per heavy atom. The number of carbonyl (C=O) groups excluding carboxylic acids is 1. The van der Waals surface area contributed by atoms with Crippen molar-refractivity contribution in [3.05, 3.63) is 66.5 Å². The van der Waals surface area contributed by atoms with Gasteiger partial charge in [-0.3, -0.25) is 9.78 Å². The van der Waals surface area contributed by atoms with Crippen LogP contribution >= 0.6 is 6.72 Å². The first-order chi connectivity index (χ1) is 14.0. The highest BCUT2D eigenvalue weighted by molar-refractivity contribution is 8.06. The van der Waals surface area contributed by atoms with Crippen LogP contribution < -0.4 is 10.2 Å². The predicted octanol–water partition coefficient (Wildman–Crippen LogP) is 3.20. The van der Waals surface area contributed by atoms with E-state index in [1.54, 1.807) is 6.20 Å². The fourth-order valence-electron chi connectivity index (χ4n) is 3.01. The monoisotopic (exact) mass is 429 g/mol. The van der Waals surface area contributed by atoms with Gasteiger partial charge in [0.1, 0.15) is 6.72 Å². The summed E-state index contributed by atoms with van der Waals surface area (Å²) in [6.07, 6.45) is 2.43. The zero-order valence-electron chi connectivity index (χ0n) is 16.0. The Balaban J connectivity index is 1.70. The molecule has 0 aliphatic carbocycles. The van der Waals surface area contributed by atoms with Crippen molar-refractivity contribution in [2.24, 2.45) is 0 Å². The number of nitrogens with zero attached hydrogens (tertiary/aromatic N) is 1. The third-order valence-corrected chi connectivity index (χ3v) is 6.09. The van der Waals surface area contributed by atoms with Gasteiger partial charge in [0.05, 0.1) is 18.7 Å². The Bertz CT molecular complexity index is 1030. The minimum atomic E-state index is -3.40. The van der Waals surface area contributed by atoms with Crippen LogP contribution in [-0.4, -0.2) is 31.2 Å². The number of hydrogen-bond donors (Lipinski definition) is 1. The molecule has 2 aromatic carbocycles. The van der Waals surface area contributed by atoms with E-state index in [2.05, 4.69) is 26.6 Å². The quantitative estimate of drug-likeness (QED) is 0.416. The van der Waals surface area contributed by atoms with Crippen LogP contribution in [0.1, 0.15) is 12.1 Å². The van der Waals surface area contributed by atoms with Gasteiger partial charge < -0.3 is 19.3 Å². The van der Waals surface area contributed by atoms with E-state index in [9.17, 15) is 9.69 Å². The fourth-order valence-corrected chi connectivity index (χ4v) is 3.69. The first-order valence-electron chi connectivity index (χ1n) is 9.20. The molecule has 1 amide bonds. The molecule has 0 spiro atoms. The Morgan fingerprint density at radius 3 is 2.66 bits per heavy atom. The van der Waals surface area contributed by atoms with E-state index < -0.39 is 6.72 Å². The van der Waals surface area contributed by atoms with Gasteiger partial charge in [-0.05, 0) is 17.4 Å². The van der Waals surface area contributed by atoms with Gasteiger partial charge >= 0.3 is 0 Å². The van der Waals surface area contributed by atoms with Crippen LogP contribution in [0.25, 0.3) is 21.9 Å². The number of nitrogens with one attached hydrogen (secondary N) is 1. The molecule has 0 aliphatic rings. The third-order valence-electron chi connectivity index (χ3n) is 4.38. The summed E-state index contributed by atoms with van der Waals surface area (Å²) in [4.78, 5) is 28.5. The van der Waals surface area contributed by atoms with E-state index in [4.69, 9.17) is 4.52 Å². The summed E-state index contributed by atoms with van der Waals surface area (Å²) in [7, 11) is 1.25. The maximum atomic E-state index is 12.5. The van der Waals surface area contributed by atoms with Crippen LogP contribution in [0, 0.1) is 0 Å². The van der Waals surface area contributed by atoms with Crippen LogP contribution in [-0.2, 0) is 32.1 Å². The van der Waals surface area contributed by atoms with E-state index in [1.807, 2.05) is 54.6 Å². The van der Waals surface area contributed by atoms with Gasteiger partial charge in [-0.15, -0.1) is 0 Å². The van der Waals surface area contributed by atoms with Gasteiger partial charge in [-0.25, -0.2) is 0 Å². The van der Waals surface area contributed by atoms with E-state index >= 15 is 0 Å². The Morgan fingerprint density at radius 2 is 1.90 bits per heavy atom. The zero-order valence-corrected chi connectivity index (χ0v) is 17.7. The Kier molecular flexibility index (Phi) is 7.47. The van der Waals surface area contributed by atoms with Crippen molar-refractivity contribution in [2.45, 2.75) is 12.8 Å². The second-order valence-corrected chi connectivity index (χ2v) is 9.24. The van der Waals surface area contributed by atoms with Crippen molar-refractivity contribution < 1.29 is 18.7 Å². The number of benzene rings is 2. The van der Waals surface area contributed by atoms with Gasteiger partial charge in [-0.1, -0.05) is 66.4 Å². The standard InChI is InChI=1S/C21H23N2O4PS/c1-26-28(25,29)27-13-7-12-22-20(24)14-19-21(16-8-3-2-4-9-16)18-11-6-5-10-17(18)15-23-19/h2-6,8-11,15H,7,12-14H2,1H3,(H,22,24)(H,25,29)/p-1. The van der Waals surface area contributed by atoms with Crippen LogP contribution in [0.5, 0.6) is 0 Å². The molecule has 6 nitrogen and oxygen atoms in total. The number of aromatic nitrogens is 1. The second-order valence-electron chi connectivity index (χ2n) is 6.38. The fraction of sp³-hybridized carbons (Fsp3) is 0.238. The lowest BCUT2D eigenvalue weighted by molar-refractivity contribution is -0.204. The number of pyridine rings is 1. The van der Waals surface area contributed by atoms with Gasteiger partial charge in [0.15, 0.2) is 0 Å². The zero-order chi connectivity index (χ0) is 20.7. The normalized spacial score (nSPS) is 13.2. The highest BCUT2D eigenvalue weighted by Crippen LogP contribution is 2.37. The first kappa shape index (κ1) is 21.6. The minimum absolute atomic E-state index is 0.141. The molecule has 1 atom stereocenters. The van der Waals surface area contributed by atoms with E-state index in [0.29, 0.717) is 13.0 Å². The largest absolute Gasteiger partial charge is 0.780 e. The summed E-state index contributed by atoms with van der Waals surface area (Å²) in [6.45, 7) is -2.86. The van der Waals surface area contributed by atoms with Gasteiger partial charge in [0, 0.05) is 30.8 Å². The number of fused-ring (bicyclic) bond motifs is 1. The lowest BCUT2D eigenvalue weighted by Gasteiger charge is -2.24. The molecule has 0 saturated heterocycles. The summed E-state index contributed by atoms with van der Waals surface area (Å²) >= 11 is 4.65. The van der Waals surface area contributed by atoms with Crippen molar-refractivity contribution in [2.75, 3.05) is 20.3 Å². The smallest absolute Gasteiger partial charge is 0.226 e. The van der Waals surface area contributed by atoms with Crippen LogP contribution in [0.3, 0.4) is 0 Å². The van der Waals surface area contributed by atoms with Gasteiger partial charge in [0.25, 0.3) is 0 Å². The Hall–Kier alpha value is -2.15. The van der Waals surface area contributed by atoms with E-state index in [-0.39, 0.29) is 18.9 Å². The highest BCUT2D eigenvalue weighted by atomic mass is 32.5. The molecular formula is C21H22N2O4PS-. The molecule has 8 heteroatoms. The lowest BCUT2D eigenvalue weighted by atomic mass is 9.96. The summed E-state index contributed by atoms with van der Waals surface area (Å²) in [6, 6.07) is 17.9. The van der Waals surface area contributed by atoms with Gasteiger partial charge in [0.2, 0.25) is 5.91 Å². The first-order valence-corrected chi connectivity index (χ1v) is 11.8. The van der Waals surface area contributed by atoms with E-state index in [1.165, 1.54) is 7.11 Å². The molecule has 152 valence electrons. The van der Waals surface area contributed by atoms with E-state index in [0.717, 1.165) is 27.6 Å². The van der Waals surface area contributed by atoms with Crippen molar-refractivity contribution in [3.8, 4) is 11.1 Å². The molecule has 0 bridgehead atoms. The third kappa shape index (κ3) is 5.92. The molecule has 0 saturated carbocycles. The van der Waals surface area contributed by atoms with Crippen molar-refractivity contribution in [1.29, 1.82) is 0 Å². The molecule has 29 heavy (non-hydrogen) atoms. The highest BCUT2D eigenvalue weighted by Gasteiger charge is 2.14. The molecule has 0 radical (unpaired) electrons. The maximum Gasteiger partial charge on any atom is 0.226 e. The molecule has 0 aliphatic heterocycles.